The molecule has 0 radical (unpaired) electrons. The number of amides is 1. The summed E-state index contributed by atoms with van der Waals surface area (Å²) in [4.78, 5) is 11.4. The van der Waals surface area contributed by atoms with Gasteiger partial charge < -0.3 is 5.32 Å². The quantitative estimate of drug-likeness (QED) is 0.748. The summed E-state index contributed by atoms with van der Waals surface area (Å²) >= 11 is 0. The lowest BCUT2D eigenvalue weighted by Crippen LogP contribution is -2.34. The largest absolute Gasteiger partial charge is 0.358 e. The number of carbonyl (C=O) groups is 1. The summed E-state index contributed by atoms with van der Waals surface area (Å²) < 4.78 is 22.5. The van der Waals surface area contributed by atoms with Crippen molar-refractivity contribution in [1.82, 2.24) is 5.32 Å². The lowest BCUT2D eigenvalue weighted by Gasteiger charge is -2.12. The minimum atomic E-state index is -3.94. The van der Waals surface area contributed by atoms with Gasteiger partial charge in [-0.2, -0.15) is 0 Å². The molecule has 1 amide bonds. The molecule has 1 atom stereocenters. The van der Waals surface area contributed by atoms with E-state index >= 15 is 0 Å². The van der Waals surface area contributed by atoms with Gasteiger partial charge in [-0.25, -0.2) is 13.6 Å². The van der Waals surface area contributed by atoms with Crippen molar-refractivity contribution in [2.75, 3.05) is 7.05 Å². The average molecular weight is 228 g/mol. The Kier molecular flexibility index (Phi) is 3.43. The van der Waals surface area contributed by atoms with Gasteiger partial charge >= 0.3 is 0 Å². The molecule has 5 nitrogen and oxygen atoms in total. The van der Waals surface area contributed by atoms with Crippen molar-refractivity contribution in [3.05, 3.63) is 35.9 Å². The van der Waals surface area contributed by atoms with Gasteiger partial charge in [-0.15, -0.1) is 0 Å². The van der Waals surface area contributed by atoms with E-state index in [0.717, 1.165) is 0 Å². The van der Waals surface area contributed by atoms with E-state index in [-0.39, 0.29) is 0 Å². The zero-order valence-corrected chi connectivity index (χ0v) is 8.99. The minimum Gasteiger partial charge on any atom is -0.358 e. The molecule has 82 valence electrons. The first-order chi connectivity index (χ1) is 6.96. The zero-order valence-electron chi connectivity index (χ0n) is 8.17. The lowest BCUT2D eigenvalue weighted by molar-refractivity contribution is -0.120. The summed E-state index contributed by atoms with van der Waals surface area (Å²) in [6.45, 7) is 0. The summed E-state index contributed by atoms with van der Waals surface area (Å²) in [5, 5.41) is 5.93. The van der Waals surface area contributed by atoms with Crippen molar-refractivity contribution in [3.63, 3.8) is 0 Å². The van der Waals surface area contributed by atoms with Gasteiger partial charge in [0.1, 0.15) is 0 Å². The van der Waals surface area contributed by atoms with E-state index in [2.05, 4.69) is 5.32 Å². The Balaban J connectivity index is 3.20. The highest BCUT2D eigenvalue weighted by atomic mass is 32.2. The third-order valence-corrected chi connectivity index (χ3v) is 3.06. The van der Waals surface area contributed by atoms with Crippen LogP contribution in [0.5, 0.6) is 0 Å². The molecular formula is C9H12N2O3S. The van der Waals surface area contributed by atoms with Crippen LogP contribution in [0.1, 0.15) is 10.8 Å². The maximum atomic E-state index is 11.4. The molecule has 0 spiro atoms. The highest BCUT2D eigenvalue weighted by Gasteiger charge is 2.30. The predicted octanol–water partition coefficient (Wildman–Crippen LogP) is -0.238. The molecule has 15 heavy (non-hydrogen) atoms. The van der Waals surface area contributed by atoms with Crippen LogP contribution in [-0.2, 0) is 14.8 Å². The molecule has 0 saturated carbocycles. The number of sulfonamides is 1. The first kappa shape index (κ1) is 11.7. The third-order valence-electron chi connectivity index (χ3n) is 1.92. The number of nitrogens with one attached hydrogen (secondary N) is 1. The Labute approximate surface area is 88.3 Å². The molecule has 0 aliphatic carbocycles. The highest BCUT2D eigenvalue weighted by Crippen LogP contribution is 2.19. The van der Waals surface area contributed by atoms with Crippen LogP contribution in [-0.4, -0.2) is 21.4 Å². The Morgan fingerprint density at radius 3 is 2.27 bits per heavy atom. The van der Waals surface area contributed by atoms with Crippen LogP contribution < -0.4 is 10.5 Å². The van der Waals surface area contributed by atoms with Gasteiger partial charge in [-0.05, 0) is 5.56 Å². The molecule has 0 saturated heterocycles. The standard InChI is InChI=1S/C9H12N2O3S/c1-11-9(12)8(15(10,13)14)7-5-3-2-4-6-7/h2-6,8H,1H3,(H,11,12)(H2,10,13,14). The molecule has 1 aromatic carbocycles. The summed E-state index contributed by atoms with van der Waals surface area (Å²) in [6.07, 6.45) is 0. The van der Waals surface area contributed by atoms with Crippen LogP contribution in [0.15, 0.2) is 30.3 Å². The molecule has 0 bridgehead atoms. The monoisotopic (exact) mass is 228 g/mol. The van der Waals surface area contributed by atoms with Gasteiger partial charge in [0.05, 0.1) is 0 Å². The van der Waals surface area contributed by atoms with E-state index < -0.39 is 21.2 Å². The van der Waals surface area contributed by atoms with Gasteiger partial charge in [-0.1, -0.05) is 30.3 Å². The first-order valence-corrected chi connectivity index (χ1v) is 5.86. The summed E-state index contributed by atoms with van der Waals surface area (Å²) in [6, 6.07) is 8.12. The van der Waals surface area contributed by atoms with Crippen molar-refractivity contribution < 1.29 is 13.2 Å². The van der Waals surface area contributed by atoms with Gasteiger partial charge in [0.15, 0.2) is 5.25 Å². The fraction of sp³-hybridized carbons (Fsp3) is 0.222. The van der Waals surface area contributed by atoms with Crippen LogP contribution in [0.3, 0.4) is 0 Å². The molecular weight excluding hydrogens is 216 g/mol. The number of rotatable bonds is 3. The molecule has 1 aromatic rings. The van der Waals surface area contributed by atoms with Crippen molar-refractivity contribution >= 4 is 15.9 Å². The highest BCUT2D eigenvalue weighted by molar-refractivity contribution is 7.90. The van der Waals surface area contributed by atoms with Crippen LogP contribution >= 0.6 is 0 Å². The predicted molar refractivity (Wildman–Crippen MR) is 56.4 cm³/mol. The van der Waals surface area contributed by atoms with Crippen LogP contribution in [0.25, 0.3) is 0 Å². The molecule has 0 fully saturated rings. The van der Waals surface area contributed by atoms with Gasteiger partial charge in [0, 0.05) is 7.05 Å². The van der Waals surface area contributed by atoms with Crippen molar-refractivity contribution in [1.29, 1.82) is 0 Å². The maximum Gasteiger partial charge on any atom is 0.244 e. The van der Waals surface area contributed by atoms with Gasteiger partial charge in [-0.3, -0.25) is 4.79 Å². The number of carbonyl (C=O) groups excluding carboxylic acids is 1. The average Bonchev–Trinajstić information content (AvgIpc) is 2.17. The number of likely N-dealkylation sites (N-methyl/N-ethyl adjacent to an activating group) is 1. The Bertz CT molecular complexity index is 442. The molecule has 0 aromatic heterocycles. The van der Waals surface area contributed by atoms with Gasteiger partial charge in [0.25, 0.3) is 0 Å². The van der Waals surface area contributed by atoms with Crippen molar-refractivity contribution in [3.8, 4) is 0 Å². The van der Waals surface area contributed by atoms with Crippen LogP contribution in [0.2, 0.25) is 0 Å². The van der Waals surface area contributed by atoms with E-state index in [1.54, 1.807) is 30.3 Å². The number of hydrogen-bond donors (Lipinski definition) is 2. The second kappa shape index (κ2) is 4.41. The second-order valence-corrected chi connectivity index (χ2v) is 4.64. The molecule has 1 rings (SSSR count). The van der Waals surface area contributed by atoms with Crippen LogP contribution in [0, 0.1) is 0 Å². The van der Waals surface area contributed by atoms with E-state index in [1.807, 2.05) is 0 Å². The van der Waals surface area contributed by atoms with Crippen LogP contribution in [0.4, 0.5) is 0 Å². The topological polar surface area (TPSA) is 89.3 Å². The van der Waals surface area contributed by atoms with E-state index in [4.69, 9.17) is 5.14 Å². The first-order valence-electron chi connectivity index (χ1n) is 4.25. The van der Waals surface area contributed by atoms with Crippen molar-refractivity contribution in [2.45, 2.75) is 5.25 Å². The smallest absolute Gasteiger partial charge is 0.244 e. The summed E-state index contributed by atoms with van der Waals surface area (Å²) in [5.41, 5.74) is 0.361. The summed E-state index contributed by atoms with van der Waals surface area (Å²) in [7, 11) is -2.58. The third kappa shape index (κ3) is 2.77. The fourth-order valence-corrected chi connectivity index (χ4v) is 2.20. The van der Waals surface area contributed by atoms with E-state index in [0.29, 0.717) is 5.56 Å². The molecule has 0 aliphatic heterocycles. The number of primary sulfonamides is 1. The van der Waals surface area contributed by atoms with Gasteiger partial charge in [0.2, 0.25) is 15.9 Å². The Morgan fingerprint density at radius 2 is 1.87 bits per heavy atom. The molecule has 1 unspecified atom stereocenters. The maximum absolute atomic E-state index is 11.4. The minimum absolute atomic E-state index is 0.361. The fourth-order valence-electron chi connectivity index (χ4n) is 1.25. The number of benzene rings is 1. The molecule has 0 heterocycles. The second-order valence-electron chi connectivity index (χ2n) is 2.99. The SMILES string of the molecule is CNC(=O)C(c1ccccc1)S(N)(=O)=O. The number of hydrogen-bond acceptors (Lipinski definition) is 3. The molecule has 0 aliphatic rings. The normalized spacial score (nSPS) is 13.2. The van der Waals surface area contributed by atoms with E-state index in [1.165, 1.54) is 7.05 Å². The zero-order chi connectivity index (χ0) is 11.5. The summed E-state index contributed by atoms with van der Waals surface area (Å²) in [5.74, 6) is -0.635. The van der Waals surface area contributed by atoms with Crippen molar-refractivity contribution in [2.24, 2.45) is 5.14 Å². The molecule has 6 heteroatoms. The number of nitrogens with two attached hydrogens (primary N) is 1. The van der Waals surface area contributed by atoms with E-state index in [9.17, 15) is 13.2 Å². The molecule has 3 N–H and O–H groups in total. The lowest BCUT2D eigenvalue weighted by atomic mass is 10.1. The Hall–Kier alpha value is -1.40. The Morgan fingerprint density at radius 1 is 1.33 bits per heavy atom.